The van der Waals surface area contributed by atoms with Crippen LogP contribution in [-0.4, -0.2) is 60.9 Å². The second-order valence-corrected chi connectivity index (χ2v) is 3.59. The first-order valence-electron chi connectivity index (χ1n) is 5.25. The van der Waals surface area contributed by atoms with E-state index in [0.717, 1.165) is 0 Å². The van der Waals surface area contributed by atoms with Gasteiger partial charge in [0.15, 0.2) is 6.04 Å². The number of hydrogen-bond donors (Lipinski definition) is 1. The van der Waals surface area contributed by atoms with Crippen molar-refractivity contribution >= 4 is 11.9 Å². The molecule has 1 saturated heterocycles. The molecule has 6 heteroatoms. The van der Waals surface area contributed by atoms with E-state index < -0.39 is 18.1 Å². The Hall–Kier alpha value is -1.14. The van der Waals surface area contributed by atoms with E-state index in [1.54, 1.807) is 0 Å². The van der Waals surface area contributed by atoms with Crippen molar-refractivity contribution in [2.45, 2.75) is 25.5 Å². The molecule has 0 aromatic carbocycles. The predicted molar refractivity (Wildman–Crippen MR) is 55.0 cm³/mol. The number of carbonyl (C=O) groups is 2. The van der Waals surface area contributed by atoms with Gasteiger partial charge in [0.25, 0.3) is 5.91 Å². The van der Waals surface area contributed by atoms with Crippen LogP contribution in [0.5, 0.6) is 0 Å². The van der Waals surface area contributed by atoms with Gasteiger partial charge in [-0.3, -0.25) is 4.79 Å². The second-order valence-electron chi connectivity index (χ2n) is 3.59. The van der Waals surface area contributed by atoms with Gasteiger partial charge in [-0.1, -0.05) is 6.92 Å². The van der Waals surface area contributed by atoms with E-state index in [4.69, 9.17) is 14.6 Å². The van der Waals surface area contributed by atoms with Gasteiger partial charge in [0, 0.05) is 13.7 Å². The molecule has 0 saturated carbocycles. The third-order valence-electron chi connectivity index (χ3n) is 2.63. The smallest absolute Gasteiger partial charge is 0.328 e. The van der Waals surface area contributed by atoms with Crippen LogP contribution in [-0.2, 0) is 19.1 Å². The standard InChI is InChI=1S/C10H17NO5/c1-3-8(15-2)9(12)11-4-5-16-6-7(11)10(13)14/h7-8H,3-6H2,1-2H3,(H,13,14). The first-order valence-corrected chi connectivity index (χ1v) is 5.25. The fourth-order valence-corrected chi connectivity index (χ4v) is 1.70. The molecular weight excluding hydrogens is 214 g/mol. The third-order valence-corrected chi connectivity index (χ3v) is 2.63. The summed E-state index contributed by atoms with van der Waals surface area (Å²) in [7, 11) is 1.45. The van der Waals surface area contributed by atoms with Crippen molar-refractivity contribution in [3.05, 3.63) is 0 Å². The summed E-state index contributed by atoms with van der Waals surface area (Å²) in [4.78, 5) is 24.2. The lowest BCUT2D eigenvalue weighted by Gasteiger charge is -2.34. The Bertz CT molecular complexity index is 264. The molecule has 0 radical (unpaired) electrons. The minimum absolute atomic E-state index is 0.0429. The number of hydrogen-bond acceptors (Lipinski definition) is 4. The fourth-order valence-electron chi connectivity index (χ4n) is 1.70. The summed E-state index contributed by atoms with van der Waals surface area (Å²) in [6.07, 6.45) is -0.0427. The zero-order valence-corrected chi connectivity index (χ0v) is 9.51. The second kappa shape index (κ2) is 5.81. The molecule has 92 valence electrons. The molecule has 2 unspecified atom stereocenters. The highest BCUT2D eigenvalue weighted by Crippen LogP contribution is 2.12. The molecule has 1 rings (SSSR count). The van der Waals surface area contributed by atoms with Crippen molar-refractivity contribution in [2.24, 2.45) is 0 Å². The summed E-state index contributed by atoms with van der Waals surface area (Å²) in [6.45, 7) is 2.54. The van der Waals surface area contributed by atoms with Crippen LogP contribution in [0.15, 0.2) is 0 Å². The number of amides is 1. The van der Waals surface area contributed by atoms with E-state index in [2.05, 4.69) is 0 Å². The maximum Gasteiger partial charge on any atom is 0.328 e. The highest BCUT2D eigenvalue weighted by molar-refractivity contribution is 5.86. The van der Waals surface area contributed by atoms with E-state index in [9.17, 15) is 9.59 Å². The quantitative estimate of drug-likeness (QED) is 0.720. The zero-order valence-electron chi connectivity index (χ0n) is 9.51. The highest BCUT2D eigenvalue weighted by Gasteiger charge is 2.35. The topological polar surface area (TPSA) is 76.1 Å². The van der Waals surface area contributed by atoms with Gasteiger partial charge in [0.1, 0.15) is 6.10 Å². The molecular formula is C10H17NO5. The largest absolute Gasteiger partial charge is 0.480 e. The number of ether oxygens (including phenoxy) is 2. The molecule has 0 aromatic rings. The Labute approximate surface area is 94.1 Å². The monoisotopic (exact) mass is 231 g/mol. The number of rotatable bonds is 4. The molecule has 1 aliphatic rings. The molecule has 1 heterocycles. The van der Waals surface area contributed by atoms with Gasteiger partial charge in [-0.15, -0.1) is 0 Å². The zero-order chi connectivity index (χ0) is 12.1. The van der Waals surface area contributed by atoms with Gasteiger partial charge in [0.2, 0.25) is 0 Å². The molecule has 16 heavy (non-hydrogen) atoms. The Morgan fingerprint density at radius 2 is 2.31 bits per heavy atom. The Morgan fingerprint density at radius 1 is 1.62 bits per heavy atom. The van der Waals surface area contributed by atoms with Crippen molar-refractivity contribution in [1.29, 1.82) is 0 Å². The lowest BCUT2D eigenvalue weighted by atomic mass is 10.1. The van der Waals surface area contributed by atoms with Gasteiger partial charge < -0.3 is 19.5 Å². The summed E-state index contributed by atoms with van der Waals surface area (Å²) >= 11 is 0. The molecule has 0 aliphatic carbocycles. The average molecular weight is 231 g/mol. The van der Waals surface area contributed by atoms with Gasteiger partial charge >= 0.3 is 5.97 Å². The van der Waals surface area contributed by atoms with Gasteiger partial charge in [0.05, 0.1) is 13.2 Å². The summed E-state index contributed by atoms with van der Waals surface area (Å²) in [5.74, 6) is -1.32. The fraction of sp³-hybridized carbons (Fsp3) is 0.800. The Morgan fingerprint density at radius 3 is 2.81 bits per heavy atom. The number of aliphatic carboxylic acids is 1. The maximum atomic E-state index is 12.0. The molecule has 0 aromatic heterocycles. The van der Waals surface area contributed by atoms with Gasteiger partial charge in [-0.2, -0.15) is 0 Å². The minimum atomic E-state index is -1.04. The predicted octanol–water partition coefficient (Wildman–Crippen LogP) is -0.277. The summed E-state index contributed by atoms with van der Waals surface area (Å²) < 4.78 is 10.1. The SMILES string of the molecule is CCC(OC)C(=O)N1CCOCC1C(=O)O. The normalized spacial score (nSPS) is 22.9. The highest BCUT2D eigenvalue weighted by atomic mass is 16.5. The van der Waals surface area contributed by atoms with Crippen LogP contribution >= 0.6 is 0 Å². The van der Waals surface area contributed by atoms with Crippen LogP contribution in [0.2, 0.25) is 0 Å². The van der Waals surface area contributed by atoms with E-state index in [1.807, 2.05) is 6.92 Å². The molecule has 1 fully saturated rings. The van der Waals surface area contributed by atoms with Crippen LogP contribution in [0, 0.1) is 0 Å². The molecule has 0 spiro atoms. The first-order chi connectivity index (χ1) is 7.61. The number of morpholine rings is 1. The van der Waals surface area contributed by atoms with Gasteiger partial charge in [-0.05, 0) is 6.42 Å². The van der Waals surface area contributed by atoms with Crippen LogP contribution in [0.4, 0.5) is 0 Å². The van der Waals surface area contributed by atoms with E-state index in [0.29, 0.717) is 19.6 Å². The van der Waals surface area contributed by atoms with Gasteiger partial charge in [-0.25, -0.2) is 4.79 Å². The molecule has 0 bridgehead atoms. The number of nitrogens with zero attached hydrogens (tertiary/aromatic N) is 1. The first kappa shape index (κ1) is 12.9. The number of carbonyl (C=O) groups excluding carboxylic acids is 1. The number of methoxy groups -OCH3 is 1. The summed E-state index contributed by atoms with van der Waals surface area (Å²) in [5.41, 5.74) is 0. The van der Waals surface area contributed by atoms with Crippen LogP contribution in [0.1, 0.15) is 13.3 Å². The molecule has 1 amide bonds. The van der Waals surface area contributed by atoms with Crippen LogP contribution in [0.25, 0.3) is 0 Å². The lowest BCUT2D eigenvalue weighted by Crippen LogP contribution is -2.55. The maximum absolute atomic E-state index is 12.0. The molecule has 6 nitrogen and oxygen atoms in total. The van der Waals surface area contributed by atoms with E-state index in [-0.39, 0.29) is 12.5 Å². The van der Waals surface area contributed by atoms with Crippen molar-refractivity contribution in [3.8, 4) is 0 Å². The molecule has 1 N–H and O–H groups in total. The van der Waals surface area contributed by atoms with Crippen LogP contribution in [0.3, 0.4) is 0 Å². The third kappa shape index (κ3) is 2.70. The summed E-state index contributed by atoms with van der Waals surface area (Å²) in [5, 5.41) is 8.97. The van der Waals surface area contributed by atoms with Crippen LogP contribution < -0.4 is 0 Å². The van der Waals surface area contributed by atoms with Crippen molar-refractivity contribution in [2.75, 3.05) is 26.9 Å². The van der Waals surface area contributed by atoms with Crippen molar-refractivity contribution < 1.29 is 24.2 Å². The summed E-state index contributed by atoms with van der Waals surface area (Å²) in [6, 6.07) is -0.898. The average Bonchev–Trinajstić information content (AvgIpc) is 2.30. The van der Waals surface area contributed by atoms with E-state index >= 15 is 0 Å². The van der Waals surface area contributed by atoms with Crippen molar-refractivity contribution in [1.82, 2.24) is 4.90 Å². The lowest BCUT2D eigenvalue weighted by molar-refractivity contribution is -0.163. The molecule has 1 aliphatic heterocycles. The van der Waals surface area contributed by atoms with E-state index in [1.165, 1.54) is 12.0 Å². The Kier molecular flexibility index (Phi) is 4.70. The number of carboxylic acids is 1. The van der Waals surface area contributed by atoms with Crippen molar-refractivity contribution in [3.63, 3.8) is 0 Å². The molecule has 2 atom stereocenters. The Balaban J connectivity index is 2.74. The number of carboxylic acid groups (broad SMARTS) is 1. The minimum Gasteiger partial charge on any atom is -0.480 e.